The predicted molar refractivity (Wildman–Crippen MR) is 45.2 cm³/mol. The third-order valence-electron chi connectivity index (χ3n) is 1.08. The molecule has 13 heavy (non-hydrogen) atoms. The summed E-state index contributed by atoms with van der Waals surface area (Å²) in [6, 6.07) is 1.85. The van der Waals surface area contributed by atoms with Gasteiger partial charge in [0.15, 0.2) is 11.5 Å². The minimum atomic E-state index is 0.123. The zero-order chi connectivity index (χ0) is 9.52. The molecular formula is C8H6N4O. The number of nitrogens with one attached hydrogen (secondary N) is 1. The van der Waals surface area contributed by atoms with Crippen LogP contribution in [0.5, 0.6) is 0 Å². The normalized spacial score (nSPS) is 8.46. The van der Waals surface area contributed by atoms with E-state index >= 15 is 0 Å². The molecule has 0 aliphatic rings. The molecule has 1 N–H and O–H groups in total. The van der Waals surface area contributed by atoms with Crippen LogP contribution >= 0.6 is 0 Å². The summed E-state index contributed by atoms with van der Waals surface area (Å²) in [6.07, 6.45) is 7.73. The van der Waals surface area contributed by atoms with Crippen LogP contribution in [-0.2, 0) is 4.84 Å². The Labute approximate surface area is 75.3 Å². The van der Waals surface area contributed by atoms with Gasteiger partial charge in [0.1, 0.15) is 12.7 Å². The van der Waals surface area contributed by atoms with Crippen molar-refractivity contribution >= 4 is 5.82 Å². The molecule has 0 fully saturated rings. The second-order valence-electron chi connectivity index (χ2n) is 2.00. The molecular weight excluding hydrogens is 168 g/mol. The molecule has 1 heterocycles. The lowest BCUT2D eigenvalue weighted by atomic mass is 10.5. The average molecular weight is 174 g/mol. The molecule has 0 aromatic carbocycles. The summed E-state index contributed by atoms with van der Waals surface area (Å²) in [6.45, 7) is 0.123. The van der Waals surface area contributed by atoms with Gasteiger partial charge in [-0.3, -0.25) is 9.82 Å². The molecule has 0 radical (unpaired) electrons. The predicted octanol–water partition coefficient (Wildman–Crippen LogP) is 0.325. The first kappa shape index (κ1) is 8.98. The number of terminal acetylenes is 1. The van der Waals surface area contributed by atoms with Crippen LogP contribution in [0.4, 0.5) is 5.82 Å². The Bertz CT molecular complexity index is 363. The molecule has 5 heteroatoms. The van der Waals surface area contributed by atoms with Crippen molar-refractivity contribution in [2.45, 2.75) is 0 Å². The van der Waals surface area contributed by atoms with Gasteiger partial charge in [-0.25, -0.2) is 10.5 Å². The highest BCUT2D eigenvalue weighted by Crippen LogP contribution is 2.00. The Morgan fingerprint density at radius 3 is 3.15 bits per heavy atom. The molecule has 1 rings (SSSR count). The maximum absolute atomic E-state index is 8.48. The highest BCUT2D eigenvalue weighted by atomic mass is 16.6. The fraction of sp³-hybridized carbons (Fsp3) is 0.125. The summed E-state index contributed by atoms with van der Waals surface area (Å²) in [5.41, 5.74) is 2.67. The van der Waals surface area contributed by atoms with Crippen molar-refractivity contribution in [3.05, 3.63) is 18.1 Å². The highest BCUT2D eigenvalue weighted by Gasteiger charge is 1.95. The van der Waals surface area contributed by atoms with Gasteiger partial charge in [-0.1, -0.05) is 5.92 Å². The monoisotopic (exact) mass is 174 g/mol. The molecule has 64 valence electrons. The third-order valence-corrected chi connectivity index (χ3v) is 1.08. The van der Waals surface area contributed by atoms with E-state index in [1.54, 1.807) is 0 Å². The molecule has 5 nitrogen and oxygen atoms in total. The highest BCUT2D eigenvalue weighted by molar-refractivity contribution is 5.32. The zero-order valence-electron chi connectivity index (χ0n) is 6.69. The number of hydrogen-bond donors (Lipinski definition) is 1. The number of anilines is 1. The molecule has 0 aliphatic carbocycles. The molecule has 1 aromatic heterocycles. The summed E-state index contributed by atoms with van der Waals surface area (Å²) in [7, 11) is 0. The van der Waals surface area contributed by atoms with Gasteiger partial charge < -0.3 is 0 Å². The van der Waals surface area contributed by atoms with E-state index in [1.807, 2.05) is 6.07 Å². The first-order valence-electron chi connectivity index (χ1n) is 3.40. The number of rotatable bonds is 3. The molecule has 0 aliphatic heterocycles. The van der Waals surface area contributed by atoms with E-state index in [-0.39, 0.29) is 12.3 Å². The number of aromatic nitrogens is 2. The molecule has 0 spiro atoms. The number of hydrogen-bond acceptors (Lipinski definition) is 5. The van der Waals surface area contributed by atoms with Gasteiger partial charge in [0.05, 0.1) is 12.4 Å². The molecule has 0 bridgehead atoms. The summed E-state index contributed by atoms with van der Waals surface area (Å²) < 4.78 is 0. The van der Waals surface area contributed by atoms with Crippen molar-refractivity contribution in [2.75, 3.05) is 12.1 Å². The Balaban J connectivity index is 2.59. The third kappa shape index (κ3) is 2.78. The molecule has 0 amide bonds. The van der Waals surface area contributed by atoms with Crippen molar-refractivity contribution in [3.8, 4) is 18.4 Å². The zero-order valence-corrected chi connectivity index (χ0v) is 6.69. The summed E-state index contributed by atoms with van der Waals surface area (Å²) in [5.74, 6) is 2.62. The van der Waals surface area contributed by atoms with E-state index < -0.39 is 0 Å². The summed E-state index contributed by atoms with van der Waals surface area (Å²) in [4.78, 5) is 12.4. The smallest absolute Gasteiger partial charge is 0.169 e. The van der Waals surface area contributed by atoms with Crippen molar-refractivity contribution in [1.82, 2.24) is 9.97 Å². The standard InChI is InChI=1S/C8H6N4O/c1-2-3-13-12-8-6-10-5-7(4-9)11-8/h1,5-6H,3H2,(H,11,12). The molecule has 1 aromatic rings. The molecule has 0 saturated heterocycles. The van der Waals surface area contributed by atoms with Crippen LogP contribution in [0, 0.1) is 23.7 Å². The Hall–Kier alpha value is -2.11. The van der Waals surface area contributed by atoms with Gasteiger partial charge in [0, 0.05) is 0 Å². The van der Waals surface area contributed by atoms with E-state index in [4.69, 9.17) is 16.5 Å². The van der Waals surface area contributed by atoms with Gasteiger partial charge in [-0.15, -0.1) is 6.42 Å². The van der Waals surface area contributed by atoms with Gasteiger partial charge in [0.2, 0.25) is 0 Å². The first-order valence-corrected chi connectivity index (χ1v) is 3.40. The second kappa shape index (κ2) is 4.70. The van der Waals surface area contributed by atoms with Crippen molar-refractivity contribution < 1.29 is 4.84 Å². The quantitative estimate of drug-likeness (QED) is 0.406. The van der Waals surface area contributed by atoms with Crippen LogP contribution in [-0.4, -0.2) is 16.6 Å². The van der Waals surface area contributed by atoms with Crippen LogP contribution < -0.4 is 5.48 Å². The Morgan fingerprint density at radius 2 is 2.46 bits per heavy atom. The van der Waals surface area contributed by atoms with E-state index in [9.17, 15) is 0 Å². The molecule has 0 saturated carbocycles. The van der Waals surface area contributed by atoms with E-state index in [2.05, 4.69) is 21.4 Å². The van der Waals surface area contributed by atoms with Crippen LogP contribution in [0.3, 0.4) is 0 Å². The lowest BCUT2D eigenvalue weighted by molar-refractivity contribution is 0.232. The fourth-order valence-corrected chi connectivity index (χ4v) is 0.621. The van der Waals surface area contributed by atoms with Crippen LogP contribution in [0.1, 0.15) is 5.69 Å². The van der Waals surface area contributed by atoms with Crippen molar-refractivity contribution in [3.63, 3.8) is 0 Å². The second-order valence-corrected chi connectivity index (χ2v) is 2.00. The minimum Gasteiger partial charge on any atom is -0.262 e. The van der Waals surface area contributed by atoms with Gasteiger partial charge >= 0.3 is 0 Å². The summed E-state index contributed by atoms with van der Waals surface area (Å²) in [5, 5.41) is 8.48. The maximum atomic E-state index is 8.48. The lowest BCUT2D eigenvalue weighted by Crippen LogP contribution is -2.04. The molecule has 0 unspecified atom stereocenters. The first-order chi connectivity index (χ1) is 6.36. The van der Waals surface area contributed by atoms with Gasteiger partial charge in [-0.05, 0) is 0 Å². The van der Waals surface area contributed by atoms with Crippen LogP contribution in [0.25, 0.3) is 0 Å². The number of nitriles is 1. The maximum Gasteiger partial charge on any atom is 0.169 e. The molecule has 0 atom stereocenters. The van der Waals surface area contributed by atoms with Crippen LogP contribution in [0.2, 0.25) is 0 Å². The van der Waals surface area contributed by atoms with E-state index in [0.29, 0.717) is 5.82 Å². The van der Waals surface area contributed by atoms with Gasteiger partial charge in [0.25, 0.3) is 0 Å². The fourth-order valence-electron chi connectivity index (χ4n) is 0.621. The number of nitrogens with zero attached hydrogens (tertiary/aromatic N) is 3. The van der Waals surface area contributed by atoms with E-state index in [0.717, 1.165) is 0 Å². The SMILES string of the molecule is C#CCONc1cncc(C#N)n1. The Morgan fingerprint density at radius 1 is 1.62 bits per heavy atom. The minimum absolute atomic E-state index is 0.123. The summed E-state index contributed by atoms with van der Waals surface area (Å²) >= 11 is 0. The van der Waals surface area contributed by atoms with Crippen molar-refractivity contribution in [1.29, 1.82) is 5.26 Å². The lowest BCUT2D eigenvalue weighted by Gasteiger charge is -2.01. The van der Waals surface area contributed by atoms with E-state index in [1.165, 1.54) is 12.4 Å². The largest absolute Gasteiger partial charge is 0.262 e. The van der Waals surface area contributed by atoms with Crippen molar-refractivity contribution in [2.24, 2.45) is 0 Å². The average Bonchev–Trinajstić information content (AvgIpc) is 2.19. The topological polar surface area (TPSA) is 70.8 Å². The van der Waals surface area contributed by atoms with Gasteiger partial charge in [-0.2, -0.15) is 5.26 Å². The van der Waals surface area contributed by atoms with Crippen LogP contribution in [0.15, 0.2) is 12.4 Å². The Kier molecular flexibility index (Phi) is 3.25.